The maximum atomic E-state index is 12.8. The maximum Gasteiger partial charge on any atom is 0.352 e. The predicted molar refractivity (Wildman–Crippen MR) is 117 cm³/mol. The van der Waals surface area contributed by atoms with Gasteiger partial charge in [-0.2, -0.15) is 0 Å². The second-order valence-corrected chi connectivity index (χ2v) is 9.03. The molecule has 164 valence electrons. The van der Waals surface area contributed by atoms with Crippen LogP contribution in [-0.2, 0) is 27.3 Å². The zero-order valence-corrected chi connectivity index (χ0v) is 18.3. The molecule has 0 saturated carbocycles. The van der Waals surface area contributed by atoms with Gasteiger partial charge in [-0.1, -0.05) is 48.0 Å². The van der Waals surface area contributed by atoms with Gasteiger partial charge in [-0.05, 0) is 21.6 Å². The van der Waals surface area contributed by atoms with Crippen LogP contribution in [0.1, 0.15) is 5.56 Å². The van der Waals surface area contributed by atoms with E-state index in [1.807, 2.05) is 30.3 Å². The zero-order chi connectivity index (χ0) is 22.7. The number of aromatic nitrogens is 4. The molecule has 2 aliphatic rings. The van der Waals surface area contributed by atoms with Crippen LogP contribution in [0.4, 0.5) is 0 Å². The number of carboxylic acid groups (broad SMARTS) is 1. The predicted octanol–water partition coefficient (Wildman–Crippen LogP) is 0.380. The number of amides is 2. The lowest BCUT2D eigenvalue weighted by atomic mass is 10.0. The number of fused-ring (bicyclic) bond motifs is 1. The Morgan fingerprint density at radius 3 is 2.84 bits per heavy atom. The lowest BCUT2D eigenvalue weighted by Crippen LogP contribution is -2.70. The van der Waals surface area contributed by atoms with E-state index >= 15 is 0 Å². The van der Waals surface area contributed by atoms with Crippen LogP contribution in [-0.4, -0.2) is 70.9 Å². The van der Waals surface area contributed by atoms with Crippen molar-refractivity contribution in [2.24, 2.45) is 0 Å². The van der Waals surface area contributed by atoms with Crippen molar-refractivity contribution in [2.75, 3.05) is 11.5 Å². The van der Waals surface area contributed by atoms with E-state index in [0.717, 1.165) is 5.56 Å². The highest BCUT2D eigenvalue weighted by atomic mass is 32.2. The zero-order valence-electron chi connectivity index (χ0n) is 16.7. The van der Waals surface area contributed by atoms with Crippen LogP contribution in [0.5, 0.6) is 0 Å². The summed E-state index contributed by atoms with van der Waals surface area (Å²) in [6, 6.07) is 8.45. The summed E-state index contributed by atoms with van der Waals surface area (Å²) in [5.74, 6) is 1.25. The summed E-state index contributed by atoms with van der Waals surface area (Å²) < 4.78 is 1.44. The van der Waals surface area contributed by atoms with Gasteiger partial charge < -0.3 is 10.4 Å². The largest absolute Gasteiger partial charge is 0.477 e. The van der Waals surface area contributed by atoms with E-state index in [-0.39, 0.29) is 24.6 Å². The van der Waals surface area contributed by atoms with Gasteiger partial charge in [0.1, 0.15) is 23.7 Å². The monoisotopic (exact) mass is 470 g/mol. The lowest BCUT2D eigenvalue weighted by Gasteiger charge is -2.49. The third kappa shape index (κ3) is 4.35. The molecule has 1 fully saturated rings. The number of benzene rings is 1. The van der Waals surface area contributed by atoms with Crippen LogP contribution in [0.15, 0.2) is 46.8 Å². The molecule has 0 spiro atoms. The van der Waals surface area contributed by atoms with Crippen LogP contribution in [0.3, 0.4) is 0 Å². The minimum Gasteiger partial charge on any atom is -0.477 e. The number of thioether (sulfide) groups is 2. The topological polar surface area (TPSA) is 130 Å². The van der Waals surface area contributed by atoms with E-state index < -0.39 is 23.3 Å². The highest BCUT2D eigenvalue weighted by Gasteiger charge is 2.54. The fourth-order valence-electron chi connectivity index (χ4n) is 3.44. The first kappa shape index (κ1) is 21.9. The number of terminal acetylenes is 1. The number of hydrogen-bond donors (Lipinski definition) is 2. The summed E-state index contributed by atoms with van der Waals surface area (Å²) in [6.07, 6.45) is 5.45. The lowest BCUT2D eigenvalue weighted by molar-refractivity contribution is -0.150. The Labute approximate surface area is 191 Å². The SMILES string of the molecule is C#CCn1nnnc1SCC1=C(C(=O)O)N2C(=O)C(NC(=O)Cc3ccccc3)[C@H]2SC1. The van der Waals surface area contributed by atoms with Crippen LogP contribution < -0.4 is 5.32 Å². The van der Waals surface area contributed by atoms with Crippen molar-refractivity contribution in [3.05, 3.63) is 47.2 Å². The molecular formula is C20H18N6O4S2. The number of β-lactam (4-membered cyclic amide) rings is 1. The average Bonchev–Trinajstić information content (AvgIpc) is 3.23. The fraction of sp³-hybridized carbons (Fsp3) is 0.300. The van der Waals surface area contributed by atoms with Crippen molar-refractivity contribution in [1.82, 2.24) is 30.4 Å². The Hall–Kier alpha value is -3.30. The highest BCUT2D eigenvalue weighted by molar-refractivity contribution is 8.01. The molecule has 32 heavy (non-hydrogen) atoms. The van der Waals surface area contributed by atoms with Crippen molar-refractivity contribution < 1.29 is 19.5 Å². The fourth-order valence-corrected chi connectivity index (χ4v) is 5.80. The summed E-state index contributed by atoms with van der Waals surface area (Å²) in [5, 5.41) is 23.8. The number of nitrogens with one attached hydrogen (secondary N) is 1. The number of aliphatic carboxylic acids is 1. The first-order valence-electron chi connectivity index (χ1n) is 9.55. The summed E-state index contributed by atoms with van der Waals surface area (Å²) in [4.78, 5) is 38.4. The Morgan fingerprint density at radius 1 is 1.34 bits per heavy atom. The molecule has 0 radical (unpaired) electrons. The molecule has 0 aliphatic carbocycles. The third-order valence-electron chi connectivity index (χ3n) is 4.89. The summed E-state index contributed by atoms with van der Waals surface area (Å²) in [5.41, 5.74) is 1.37. The quantitative estimate of drug-likeness (QED) is 0.319. The molecule has 2 aliphatic heterocycles. The number of rotatable bonds is 8. The molecular weight excluding hydrogens is 452 g/mol. The van der Waals surface area contributed by atoms with Crippen LogP contribution in [0, 0.1) is 12.3 Å². The molecule has 0 bridgehead atoms. The van der Waals surface area contributed by atoms with Crippen molar-refractivity contribution >= 4 is 41.3 Å². The second kappa shape index (κ2) is 9.46. The van der Waals surface area contributed by atoms with Gasteiger partial charge in [-0.15, -0.1) is 23.3 Å². The standard InChI is InChI=1S/C20H18N6O4S2/c1-2-8-25-20(22-23-24-25)32-11-13-10-31-18-15(17(28)26(18)16(13)19(29)30)21-14(27)9-12-6-4-3-5-7-12/h1,3-7,15,18H,8-11H2,(H,21,27)(H,29,30)/t15?,18-/m1/s1. The summed E-state index contributed by atoms with van der Waals surface area (Å²) in [7, 11) is 0. The first-order valence-corrected chi connectivity index (χ1v) is 11.6. The van der Waals surface area contributed by atoms with Gasteiger partial charge >= 0.3 is 5.97 Å². The smallest absolute Gasteiger partial charge is 0.352 e. The van der Waals surface area contributed by atoms with Gasteiger partial charge in [0.25, 0.3) is 5.91 Å². The number of carboxylic acids is 1. The van der Waals surface area contributed by atoms with Gasteiger partial charge in [-0.25, -0.2) is 9.48 Å². The van der Waals surface area contributed by atoms with Crippen LogP contribution in [0.25, 0.3) is 0 Å². The number of nitrogens with zero attached hydrogens (tertiary/aromatic N) is 5. The molecule has 3 heterocycles. The number of carbonyl (C=O) groups excluding carboxylic acids is 2. The van der Waals surface area contributed by atoms with Crippen molar-refractivity contribution in [2.45, 2.75) is 29.5 Å². The Bertz CT molecular complexity index is 1130. The van der Waals surface area contributed by atoms with Gasteiger partial charge in [0.05, 0.1) is 6.42 Å². The minimum absolute atomic E-state index is 0.0456. The molecule has 2 aromatic rings. The maximum absolute atomic E-state index is 12.8. The summed E-state index contributed by atoms with van der Waals surface area (Å²) in [6.45, 7) is 0.200. The Morgan fingerprint density at radius 2 is 2.12 bits per heavy atom. The number of carbonyl (C=O) groups is 3. The van der Waals surface area contributed by atoms with Crippen molar-refractivity contribution in [3.63, 3.8) is 0 Å². The molecule has 1 saturated heterocycles. The van der Waals surface area contributed by atoms with E-state index in [0.29, 0.717) is 22.2 Å². The van der Waals surface area contributed by atoms with Crippen LogP contribution in [0.2, 0.25) is 0 Å². The molecule has 1 aromatic heterocycles. The van der Waals surface area contributed by atoms with E-state index in [9.17, 15) is 19.5 Å². The van der Waals surface area contributed by atoms with Crippen molar-refractivity contribution in [3.8, 4) is 12.3 Å². The first-order chi connectivity index (χ1) is 15.5. The third-order valence-corrected chi connectivity index (χ3v) is 7.27. The Balaban J connectivity index is 1.44. The van der Waals surface area contributed by atoms with Gasteiger partial charge in [0, 0.05) is 11.5 Å². The second-order valence-electron chi connectivity index (χ2n) is 6.99. The minimum atomic E-state index is -1.18. The van der Waals surface area contributed by atoms with E-state index in [1.165, 1.54) is 33.1 Å². The molecule has 2 amide bonds. The van der Waals surface area contributed by atoms with E-state index in [2.05, 4.69) is 26.8 Å². The van der Waals surface area contributed by atoms with Crippen molar-refractivity contribution in [1.29, 1.82) is 0 Å². The highest BCUT2D eigenvalue weighted by Crippen LogP contribution is 2.41. The number of hydrogen-bond acceptors (Lipinski definition) is 8. The molecule has 12 heteroatoms. The number of tetrazole rings is 1. The molecule has 10 nitrogen and oxygen atoms in total. The normalized spacial score (nSPS) is 19.7. The van der Waals surface area contributed by atoms with E-state index in [4.69, 9.17) is 6.42 Å². The van der Waals surface area contributed by atoms with Gasteiger partial charge in [0.15, 0.2) is 0 Å². The molecule has 4 rings (SSSR count). The molecule has 2 N–H and O–H groups in total. The van der Waals surface area contributed by atoms with Gasteiger partial charge in [-0.3, -0.25) is 14.5 Å². The van der Waals surface area contributed by atoms with Gasteiger partial charge in [0.2, 0.25) is 11.1 Å². The molecule has 1 unspecified atom stereocenters. The molecule has 2 atom stereocenters. The van der Waals surface area contributed by atoms with E-state index in [1.54, 1.807) is 0 Å². The van der Waals surface area contributed by atoms with Crippen LogP contribution >= 0.6 is 23.5 Å². The summed E-state index contributed by atoms with van der Waals surface area (Å²) >= 11 is 2.67. The molecule has 1 aromatic carbocycles. The average molecular weight is 471 g/mol. The Kier molecular flexibility index (Phi) is 6.48.